The molecular formula is C20H19ClN2O3S. The van der Waals surface area contributed by atoms with Crippen molar-refractivity contribution in [1.29, 1.82) is 0 Å². The van der Waals surface area contributed by atoms with Crippen LogP contribution in [0.5, 0.6) is 0 Å². The number of aryl methyl sites for hydroxylation is 2. The zero-order valence-electron chi connectivity index (χ0n) is 15.0. The third-order valence-corrected chi connectivity index (χ3v) is 6.37. The fourth-order valence-corrected chi connectivity index (χ4v) is 4.98. The van der Waals surface area contributed by atoms with Crippen LogP contribution in [0.3, 0.4) is 0 Å². The van der Waals surface area contributed by atoms with E-state index < -0.39 is 5.97 Å². The van der Waals surface area contributed by atoms with Gasteiger partial charge in [-0.25, -0.2) is 9.78 Å². The summed E-state index contributed by atoms with van der Waals surface area (Å²) in [5.41, 5.74) is 1.67. The molecule has 4 rings (SSSR count). The highest BCUT2D eigenvalue weighted by Crippen LogP contribution is 2.34. The van der Waals surface area contributed by atoms with Crippen LogP contribution in [0.2, 0.25) is 5.02 Å². The largest absolute Gasteiger partial charge is 0.460 e. The van der Waals surface area contributed by atoms with Crippen molar-refractivity contribution in [1.82, 2.24) is 9.55 Å². The van der Waals surface area contributed by atoms with Crippen molar-refractivity contribution in [3.63, 3.8) is 0 Å². The number of carbonyl (C=O) groups is 1. The maximum Gasteiger partial charge on any atom is 0.374 e. The number of ether oxygens (including phenoxy) is 1. The summed E-state index contributed by atoms with van der Waals surface area (Å²) in [7, 11) is 0. The molecule has 27 heavy (non-hydrogen) atoms. The number of benzene rings is 1. The van der Waals surface area contributed by atoms with Crippen LogP contribution >= 0.6 is 22.9 Å². The number of rotatable bonds is 4. The summed E-state index contributed by atoms with van der Waals surface area (Å²) >= 11 is 7.81. The Morgan fingerprint density at radius 3 is 2.85 bits per heavy atom. The molecule has 3 aromatic rings. The molecule has 0 N–H and O–H groups in total. The van der Waals surface area contributed by atoms with Gasteiger partial charge in [0.15, 0.2) is 0 Å². The first-order chi connectivity index (χ1) is 13.1. The summed E-state index contributed by atoms with van der Waals surface area (Å²) in [6, 6.07) is 7.30. The van der Waals surface area contributed by atoms with Crippen molar-refractivity contribution in [3.8, 4) is 0 Å². The first kappa shape index (κ1) is 18.2. The second-order valence-corrected chi connectivity index (χ2v) is 8.02. The predicted octanol–water partition coefficient (Wildman–Crippen LogP) is 4.22. The quantitative estimate of drug-likeness (QED) is 0.613. The molecule has 0 saturated carbocycles. The van der Waals surface area contributed by atoms with Crippen LogP contribution in [-0.2, 0) is 24.1 Å². The van der Waals surface area contributed by atoms with E-state index in [1.165, 1.54) is 20.8 Å². The summed E-state index contributed by atoms with van der Waals surface area (Å²) in [6.07, 6.45) is 4.05. The van der Waals surface area contributed by atoms with E-state index in [9.17, 15) is 9.59 Å². The topological polar surface area (TPSA) is 61.2 Å². The summed E-state index contributed by atoms with van der Waals surface area (Å²) in [6.45, 7) is 2.14. The van der Waals surface area contributed by atoms with Crippen molar-refractivity contribution >= 4 is 39.1 Å². The van der Waals surface area contributed by atoms with Crippen molar-refractivity contribution in [2.75, 3.05) is 6.61 Å². The average molecular weight is 403 g/mol. The van der Waals surface area contributed by atoms with Crippen molar-refractivity contribution < 1.29 is 9.53 Å². The zero-order valence-corrected chi connectivity index (χ0v) is 16.5. The molecule has 0 saturated heterocycles. The first-order valence-electron chi connectivity index (χ1n) is 9.05. The van der Waals surface area contributed by atoms with E-state index in [0.29, 0.717) is 15.2 Å². The molecule has 0 spiro atoms. The minimum absolute atomic E-state index is 0.0351. The van der Waals surface area contributed by atoms with Crippen LogP contribution in [0.15, 0.2) is 29.1 Å². The van der Waals surface area contributed by atoms with E-state index in [-0.39, 0.29) is 24.5 Å². The highest BCUT2D eigenvalue weighted by Gasteiger charge is 2.25. The van der Waals surface area contributed by atoms with Gasteiger partial charge in [0, 0.05) is 9.90 Å². The summed E-state index contributed by atoms with van der Waals surface area (Å²) in [4.78, 5) is 32.3. The summed E-state index contributed by atoms with van der Waals surface area (Å²) in [5, 5.41) is 1.20. The van der Waals surface area contributed by atoms with Gasteiger partial charge in [-0.2, -0.15) is 0 Å². The average Bonchev–Trinajstić information content (AvgIpc) is 3.04. The molecule has 0 bridgehead atoms. The second-order valence-electron chi connectivity index (χ2n) is 6.53. The third kappa shape index (κ3) is 3.28. The SMILES string of the molecule is CCOC(=O)c1nc2sc3c(c2c(=O)n1Cc1ccccc1Cl)CCCC3. The molecule has 1 aromatic carbocycles. The molecule has 140 valence electrons. The van der Waals surface area contributed by atoms with Crippen molar-refractivity contribution in [2.45, 2.75) is 39.2 Å². The van der Waals surface area contributed by atoms with Crippen molar-refractivity contribution in [3.05, 3.63) is 61.5 Å². The van der Waals surface area contributed by atoms with E-state index in [4.69, 9.17) is 16.3 Å². The van der Waals surface area contributed by atoms with Gasteiger partial charge in [0.25, 0.3) is 5.56 Å². The molecule has 1 aliphatic carbocycles. The number of nitrogens with zero attached hydrogens (tertiary/aromatic N) is 2. The van der Waals surface area contributed by atoms with Gasteiger partial charge in [-0.05, 0) is 49.8 Å². The highest BCUT2D eigenvalue weighted by molar-refractivity contribution is 7.18. The number of carbonyl (C=O) groups excluding carboxylic acids is 1. The van der Waals surface area contributed by atoms with Crippen LogP contribution in [0.4, 0.5) is 0 Å². The van der Waals surface area contributed by atoms with Gasteiger partial charge in [0.05, 0.1) is 18.5 Å². The Morgan fingerprint density at radius 1 is 1.30 bits per heavy atom. The molecule has 0 fully saturated rings. The van der Waals surface area contributed by atoms with Crippen LogP contribution in [0, 0.1) is 0 Å². The first-order valence-corrected chi connectivity index (χ1v) is 10.2. The van der Waals surface area contributed by atoms with E-state index in [0.717, 1.165) is 36.8 Å². The highest BCUT2D eigenvalue weighted by atomic mass is 35.5. The van der Waals surface area contributed by atoms with Crippen LogP contribution in [0.25, 0.3) is 10.2 Å². The van der Waals surface area contributed by atoms with Gasteiger partial charge in [0.2, 0.25) is 5.82 Å². The molecule has 0 radical (unpaired) electrons. The number of hydrogen-bond acceptors (Lipinski definition) is 5. The minimum Gasteiger partial charge on any atom is -0.460 e. The number of esters is 1. The molecule has 0 aliphatic heterocycles. The summed E-state index contributed by atoms with van der Waals surface area (Å²) in [5.74, 6) is -0.553. The standard InChI is InChI=1S/C20H19ClN2O3S/c1-2-26-20(25)17-22-18-16(13-8-4-6-10-15(13)27-18)19(24)23(17)11-12-7-3-5-9-14(12)21/h3,5,7,9H,2,4,6,8,10-11H2,1H3. The predicted molar refractivity (Wildman–Crippen MR) is 107 cm³/mol. The molecular weight excluding hydrogens is 384 g/mol. The van der Waals surface area contributed by atoms with E-state index in [1.807, 2.05) is 18.2 Å². The molecule has 0 unspecified atom stereocenters. The Balaban J connectivity index is 1.94. The lowest BCUT2D eigenvalue weighted by atomic mass is 9.97. The van der Waals surface area contributed by atoms with Crippen LogP contribution < -0.4 is 5.56 Å². The van der Waals surface area contributed by atoms with Crippen molar-refractivity contribution in [2.24, 2.45) is 0 Å². The molecule has 2 heterocycles. The van der Waals surface area contributed by atoms with Gasteiger partial charge < -0.3 is 4.74 Å². The van der Waals surface area contributed by atoms with Gasteiger partial charge in [-0.15, -0.1) is 11.3 Å². The lowest BCUT2D eigenvalue weighted by Crippen LogP contribution is -2.29. The monoisotopic (exact) mass is 402 g/mol. The molecule has 0 amide bonds. The zero-order chi connectivity index (χ0) is 19.0. The number of thiophene rings is 1. The molecule has 0 atom stereocenters. The Kier molecular flexibility index (Phi) is 5.02. The Hall–Kier alpha value is -2.18. The number of aromatic nitrogens is 2. The Bertz CT molecular complexity index is 1090. The molecule has 7 heteroatoms. The fraction of sp³-hybridized carbons (Fsp3) is 0.350. The number of fused-ring (bicyclic) bond motifs is 3. The number of hydrogen-bond donors (Lipinski definition) is 0. The van der Waals surface area contributed by atoms with Crippen LogP contribution in [-0.4, -0.2) is 22.1 Å². The maximum absolute atomic E-state index is 13.4. The lowest BCUT2D eigenvalue weighted by molar-refractivity contribution is 0.0505. The number of halogens is 1. The molecule has 1 aliphatic rings. The van der Waals surface area contributed by atoms with Gasteiger partial charge in [-0.3, -0.25) is 9.36 Å². The fourth-order valence-electron chi connectivity index (χ4n) is 3.53. The van der Waals surface area contributed by atoms with Crippen LogP contribution in [0.1, 0.15) is 46.4 Å². The normalized spacial score (nSPS) is 13.6. The summed E-state index contributed by atoms with van der Waals surface area (Å²) < 4.78 is 6.56. The van der Waals surface area contributed by atoms with Gasteiger partial charge >= 0.3 is 5.97 Å². The molecule has 5 nitrogen and oxygen atoms in total. The third-order valence-electron chi connectivity index (χ3n) is 4.82. The van der Waals surface area contributed by atoms with E-state index in [2.05, 4.69) is 4.98 Å². The van der Waals surface area contributed by atoms with Gasteiger partial charge in [0.1, 0.15) is 4.83 Å². The van der Waals surface area contributed by atoms with E-state index >= 15 is 0 Å². The smallest absolute Gasteiger partial charge is 0.374 e. The van der Waals surface area contributed by atoms with E-state index in [1.54, 1.807) is 13.0 Å². The van der Waals surface area contributed by atoms with Gasteiger partial charge in [-0.1, -0.05) is 29.8 Å². The lowest BCUT2D eigenvalue weighted by Gasteiger charge is -2.14. The minimum atomic E-state index is -0.588. The maximum atomic E-state index is 13.4. The molecule has 2 aromatic heterocycles. The Labute approximate surface area is 165 Å². The Morgan fingerprint density at radius 2 is 2.07 bits per heavy atom. The second kappa shape index (κ2) is 7.44.